The first-order valence-corrected chi connectivity index (χ1v) is 6.99. The van der Waals surface area contributed by atoms with Gasteiger partial charge in [-0.3, -0.25) is 0 Å². The highest BCUT2D eigenvalue weighted by molar-refractivity contribution is 9.10. The Labute approximate surface area is 120 Å². The third-order valence-electron chi connectivity index (χ3n) is 2.27. The van der Waals surface area contributed by atoms with Crippen molar-refractivity contribution in [2.75, 3.05) is 0 Å². The second kappa shape index (κ2) is 5.80. The van der Waals surface area contributed by atoms with Gasteiger partial charge in [-0.15, -0.1) is 0 Å². The van der Waals surface area contributed by atoms with Gasteiger partial charge in [0.05, 0.1) is 0 Å². The highest BCUT2D eigenvalue weighted by Gasteiger charge is 2.12. The van der Waals surface area contributed by atoms with Gasteiger partial charge in [0.2, 0.25) is 5.82 Å². The number of ether oxygens (including phenoxy) is 1. The standard InChI is InChI=1S/C13H8Br2F2O/c14-7-8-1-3-10(4-2-8)18-12-6-9(15)5-11(16)13(12)17/h1-6H,7H2. The summed E-state index contributed by atoms with van der Waals surface area (Å²) in [5.41, 5.74) is 1.07. The van der Waals surface area contributed by atoms with Crippen molar-refractivity contribution >= 4 is 31.9 Å². The van der Waals surface area contributed by atoms with Crippen LogP contribution in [0, 0.1) is 11.6 Å². The highest BCUT2D eigenvalue weighted by Crippen LogP contribution is 2.29. The molecule has 0 bridgehead atoms. The van der Waals surface area contributed by atoms with Crippen LogP contribution in [0.1, 0.15) is 5.56 Å². The zero-order chi connectivity index (χ0) is 13.1. The maximum atomic E-state index is 13.5. The molecule has 5 heteroatoms. The maximum absolute atomic E-state index is 13.5. The van der Waals surface area contributed by atoms with E-state index in [0.717, 1.165) is 17.0 Å². The van der Waals surface area contributed by atoms with Gasteiger partial charge in [-0.25, -0.2) is 4.39 Å². The maximum Gasteiger partial charge on any atom is 0.201 e. The third-order valence-corrected chi connectivity index (χ3v) is 3.37. The Balaban J connectivity index is 2.27. The fraction of sp³-hybridized carbons (Fsp3) is 0.0769. The van der Waals surface area contributed by atoms with E-state index in [1.807, 2.05) is 12.1 Å². The topological polar surface area (TPSA) is 9.23 Å². The van der Waals surface area contributed by atoms with E-state index in [1.54, 1.807) is 12.1 Å². The summed E-state index contributed by atoms with van der Waals surface area (Å²) in [5, 5.41) is 0.729. The van der Waals surface area contributed by atoms with Crippen molar-refractivity contribution in [1.82, 2.24) is 0 Å². The lowest BCUT2D eigenvalue weighted by atomic mass is 10.2. The Hall–Kier alpha value is -0.940. The minimum Gasteiger partial charge on any atom is -0.454 e. The van der Waals surface area contributed by atoms with Crippen LogP contribution >= 0.6 is 31.9 Å². The average Bonchev–Trinajstić information content (AvgIpc) is 2.36. The Morgan fingerprint density at radius 3 is 2.33 bits per heavy atom. The van der Waals surface area contributed by atoms with Crippen LogP contribution in [0.4, 0.5) is 8.78 Å². The minimum atomic E-state index is -0.997. The molecule has 0 fully saturated rings. The van der Waals surface area contributed by atoms with E-state index in [1.165, 1.54) is 6.07 Å². The molecule has 94 valence electrons. The average molecular weight is 378 g/mol. The molecule has 0 N–H and O–H groups in total. The van der Waals surface area contributed by atoms with E-state index in [2.05, 4.69) is 31.9 Å². The molecular weight excluding hydrogens is 370 g/mol. The zero-order valence-electron chi connectivity index (χ0n) is 9.09. The van der Waals surface area contributed by atoms with Crippen LogP contribution in [0.3, 0.4) is 0 Å². The summed E-state index contributed by atoms with van der Waals surface area (Å²) in [6.07, 6.45) is 0. The third kappa shape index (κ3) is 3.09. The van der Waals surface area contributed by atoms with Crippen LogP contribution in [0.5, 0.6) is 11.5 Å². The summed E-state index contributed by atoms with van der Waals surface area (Å²) >= 11 is 6.41. The Kier molecular flexibility index (Phi) is 4.35. The molecule has 0 radical (unpaired) electrons. The lowest BCUT2D eigenvalue weighted by Crippen LogP contribution is -1.92. The summed E-state index contributed by atoms with van der Waals surface area (Å²) in [4.78, 5) is 0. The first kappa shape index (κ1) is 13.5. The molecule has 2 aromatic carbocycles. The molecule has 0 aliphatic heterocycles. The van der Waals surface area contributed by atoms with Gasteiger partial charge < -0.3 is 4.74 Å². The number of rotatable bonds is 3. The first-order chi connectivity index (χ1) is 8.60. The molecule has 0 unspecified atom stereocenters. The predicted octanol–water partition coefficient (Wildman–Crippen LogP) is 5.41. The molecule has 2 aromatic rings. The molecule has 0 amide bonds. The van der Waals surface area contributed by atoms with E-state index < -0.39 is 11.6 Å². The van der Waals surface area contributed by atoms with Crippen molar-refractivity contribution in [1.29, 1.82) is 0 Å². The normalized spacial score (nSPS) is 10.4. The van der Waals surface area contributed by atoms with Crippen molar-refractivity contribution in [3.63, 3.8) is 0 Å². The van der Waals surface area contributed by atoms with Crippen LogP contribution < -0.4 is 4.74 Å². The number of hydrogen-bond acceptors (Lipinski definition) is 1. The summed E-state index contributed by atoms with van der Waals surface area (Å²) in [7, 11) is 0. The molecule has 0 saturated carbocycles. The fourth-order valence-electron chi connectivity index (χ4n) is 1.38. The molecule has 0 aliphatic carbocycles. The first-order valence-electron chi connectivity index (χ1n) is 5.07. The van der Waals surface area contributed by atoms with Gasteiger partial charge in [-0.05, 0) is 29.8 Å². The summed E-state index contributed by atoms with van der Waals surface area (Å²) in [5.74, 6) is -1.64. The molecule has 0 aromatic heterocycles. The van der Waals surface area contributed by atoms with Crippen LogP contribution in [0.15, 0.2) is 40.9 Å². The number of halogens is 4. The zero-order valence-corrected chi connectivity index (χ0v) is 12.3. The SMILES string of the molecule is Fc1cc(Br)cc(Oc2ccc(CBr)cc2)c1F. The molecule has 0 atom stereocenters. The van der Waals surface area contributed by atoms with Gasteiger partial charge in [-0.2, -0.15) is 4.39 Å². The monoisotopic (exact) mass is 376 g/mol. The van der Waals surface area contributed by atoms with Crippen LogP contribution in [-0.2, 0) is 5.33 Å². The van der Waals surface area contributed by atoms with E-state index >= 15 is 0 Å². The van der Waals surface area contributed by atoms with Crippen molar-refractivity contribution in [2.24, 2.45) is 0 Å². The Morgan fingerprint density at radius 2 is 1.72 bits per heavy atom. The molecule has 0 spiro atoms. The van der Waals surface area contributed by atoms with E-state index in [-0.39, 0.29) is 5.75 Å². The molecule has 0 aliphatic rings. The Morgan fingerprint density at radius 1 is 1.06 bits per heavy atom. The molecule has 1 nitrogen and oxygen atoms in total. The van der Waals surface area contributed by atoms with Gasteiger partial charge >= 0.3 is 0 Å². The van der Waals surface area contributed by atoms with Gasteiger partial charge in [0, 0.05) is 9.80 Å². The smallest absolute Gasteiger partial charge is 0.201 e. The van der Waals surface area contributed by atoms with E-state index in [4.69, 9.17) is 4.74 Å². The molecule has 2 rings (SSSR count). The van der Waals surface area contributed by atoms with E-state index in [9.17, 15) is 8.78 Å². The second-order valence-corrected chi connectivity index (χ2v) is 5.06. The summed E-state index contributed by atoms with van der Waals surface area (Å²) in [6.45, 7) is 0. The quantitative estimate of drug-likeness (QED) is 0.513. The van der Waals surface area contributed by atoms with Gasteiger partial charge in [0.15, 0.2) is 11.6 Å². The summed E-state index contributed by atoms with van der Waals surface area (Å²) < 4.78 is 32.4. The second-order valence-electron chi connectivity index (χ2n) is 3.58. The lowest BCUT2D eigenvalue weighted by molar-refractivity contribution is 0.415. The van der Waals surface area contributed by atoms with E-state index in [0.29, 0.717) is 10.2 Å². The van der Waals surface area contributed by atoms with Gasteiger partial charge in [0.25, 0.3) is 0 Å². The fourth-order valence-corrected chi connectivity index (χ4v) is 2.16. The highest BCUT2D eigenvalue weighted by atomic mass is 79.9. The van der Waals surface area contributed by atoms with Crippen LogP contribution in [0.2, 0.25) is 0 Å². The van der Waals surface area contributed by atoms with Gasteiger partial charge in [0.1, 0.15) is 5.75 Å². The molecule has 0 saturated heterocycles. The number of benzene rings is 2. The largest absolute Gasteiger partial charge is 0.454 e. The molecule has 18 heavy (non-hydrogen) atoms. The van der Waals surface area contributed by atoms with Crippen molar-refractivity contribution < 1.29 is 13.5 Å². The van der Waals surface area contributed by atoms with Crippen LogP contribution in [0.25, 0.3) is 0 Å². The van der Waals surface area contributed by atoms with Crippen molar-refractivity contribution in [2.45, 2.75) is 5.33 Å². The van der Waals surface area contributed by atoms with Crippen molar-refractivity contribution in [3.8, 4) is 11.5 Å². The van der Waals surface area contributed by atoms with Crippen molar-refractivity contribution in [3.05, 3.63) is 58.1 Å². The van der Waals surface area contributed by atoms with Crippen LogP contribution in [-0.4, -0.2) is 0 Å². The minimum absolute atomic E-state index is 0.145. The Bertz CT molecular complexity index is 556. The number of hydrogen-bond donors (Lipinski definition) is 0. The lowest BCUT2D eigenvalue weighted by Gasteiger charge is -2.08. The predicted molar refractivity (Wildman–Crippen MR) is 73.2 cm³/mol. The summed E-state index contributed by atoms with van der Waals surface area (Å²) in [6, 6.07) is 9.53. The molecule has 0 heterocycles. The number of alkyl halides is 1. The molecular formula is C13H8Br2F2O. The van der Waals surface area contributed by atoms with Gasteiger partial charge in [-0.1, -0.05) is 44.0 Å².